The van der Waals surface area contributed by atoms with Gasteiger partial charge in [0.05, 0.1) is 5.41 Å². The van der Waals surface area contributed by atoms with E-state index in [-0.39, 0.29) is 5.41 Å². The van der Waals surface area contributed by atoms with Gasteiger partial charge in [0.15, 0.2) is 0 Å². The molecule has 108 valence electrons. The SMILES string of the molecule is CCC1(C(=O)N2CCCc3cc(C)ccc32)CCNC1. The third-order valence-corrected chi connectivity index (χ3v) is 4.97. The molecule has 2 aliphatic rings. The van der Waals surface area contributed by atoms with Crippen molar-refractivity contribution in [3.8, 4) is 0 Å². The summed E-state index contributed by atoms with van der Waals surface area (Å²) in [6, 6.07) is 6.49. The molecule has 1 amide bonds. The lowest BCUT2D eigenvalue weighted by atomic mass is 9.82. The molecule has 1 aromatic rings. The van der Waals surface area contributed by atoms with Crippen LogP contribution >= 0.6 is 0 Å². The number of hydrogen-bond donors (Lipinski definition) is 1. The summed E-state index contributed by atoms with van der Waals surface area (Å²) in [7, 11) is 0. The first-order valence-corrected chi connectivity index (χ1v) is 7.78. The van der Waals surface area contributed by atoms with Gasteiger partial charge in [-0.1, -0.05) is 24.6 Å². The molecule has 2 aliphatic heterocycles. The molecule has 1 saturated heterocycles. The van der Waals surface area contributed by atoms with E-state index in [9.17, 15) is 4.79 Å². The van der Waals surface area contributed by atoms with Gasteiger partial charge in [0.2, 0.25) is 5.91 Å². The summed E-state index contributed by atoms with van der Waals surface area (Å²) in [6.07, 6.45) is 4.07. The average Bonchev–Trinajstić information content (AvgIpc) is 2.95. The van der Waals surface area contributed by atoms with E-state index in [2.05, 4.69) is 42.3 Å². The minimum atomic E-state index is -0.181. The zero-order chi connectivity index (χ0) is 14.2. The molecule has 2 heterocycles. The van der Waals surface area contributed by atoms with Crippen molar-refractivity contribution in [1.29, 1.82) is 0 Å². The highest BCUT2D eigenvalue weighted by Crippen LogP contribution is 2.36. The lowest BCUT2D eigenvalue weighted by molar-refractivity contribution is -0.127. The predicted octanol–water partition coefficient (Wildman–Crippen LogP) is 2.66. The van der Waals surface area contributed by atoms with Gasteiger partial charge in [-0.25, -0.2) is 0 Å². The van der Waals surface area contributed by atoms with Gasteiger partial charge in [0.25, 0.3) is 0 Å². The highest BCUT2D eigenvalue weighted by molar-refractivity contribution is 5.99. The van der Waals surface area contributed by atoms with Crippen LogP contribution in [0, 0.1) is 12.3 Å². The Labute approximate surface area is 121 Å². The van der Waals surface area contributed by atoms with Gasteiger partial charge >= 0.3 is 0 Å². The summed E-state index contributed by atoms with van der Waals surface area (Å²) >= 11 is 0. The summed E-state index contributed by atoms with van der Waals surface area (Å²) < 4.78 is 0. The molecule has 1 fully saturated rings. The zero-order valence-corrected chi connectivity index (χ0v) is 12.5. The van der Waals surface area contributed by atoms with Crippen molar-refractivity contribution in [2.24, 2.45) is 5.41 Å². The van der Waals surface area contributed by atoms with Crippen LogP contribution in [0.1, 0.15) is 37.3 Å². The van der Waals surface area contributed by atoms with E-state index < -0.39 is 0 Å². The lowest BCUT2D eigenvalue weighted by Crippen LogP contribution is -2.47. The van der Waals surface area contributed by atoms with Crippen LogP contribution in [0.25, 0.3) is 0 Å². The van der Waals surface area contributed by atoms with Gasteiger partial charge < -0.3 is 10.2 Å². The Balaban J connectivity index is 1.94. The Morgan fingerprint density at radius 1 is 1.45 bits per heavy atom. The first-order chi connectivity index (χ1) is 9.66. The van der Waals surface area contributed by atoms with E-state index in [0.717, 1.165) is 51.0 Å². The molecule has 0 bridgehead atoms. The Morgan fingerprint density at radius 2 is 2.30 bits per heavy atom. The molecule has 3 rings (SSSR count). The van der Waals surface area contributed by atoms with E-state index >= 15 is 0 Å². The Morgan fingerprint density at radius 3 is 3.00 bits per heavy atom. The highest BCUT2D eigenvalue weighted by Gasteiger charge is 2.43. The van der Waals surface area contributed by atoms with Crippen LogP contribution in [0.5, 0.6) is 0 Å². The van der Waals surface area contributed by atoms with E-state index in [1.807, 2.05) is 0 Å². The summed E-state index contributed by atoms with van der Waals surface area (Å²) in [5.41, 5.74) is 3.58. The van der Waals surface area contributed by atoms with Crippen LogP contribution in [-0.2, 0) is 11.2 Å². The summed E-state index contributed by atoms with van der Waals surface area (Å²) in [6.45, 7) is 6.94. The number of nitrogens with zero attached hydrogens (tertiary/aromatic N) is 1. The second-order valence-corrected chi connectivity index (χ2v) is 6.25. The Kier molecular flexibility index (Phi) is 3.55. The number of fused-ring (bicyclic) bond motifs is 1. The number of amides is 1. The molecular weight excluding hydrogens is 248 g/mol. The minimum Gasteiger partial charge on any atom is -0.316 e. The maximum atomic E-state index is 13.1. The van der Waals surface area contributed by atoms with Crippen LogP contribution in [0.4, 0.5) is 5.69 Å². The number of carbonyl (C=O) groups excluding carboxylic acids is 1. The highest BCUT2D eigenvalue weighted by atomic mass is 16.2. The van der Waals surface area contributed by atoms with E-state index in [1.165, 1.54) is 11.1 Å². The van der Waals surface area contributed by atoms with Gasteiger partial charge in [0.1, 0.15) is 0 Å². The van der Waals surface area contributed by atoms with Crippen LogP contribution in [0.3, 0.4) is 0 Å². The second-order valence-electron chi connectivity index (χ2n) is 6.25. The van der Waals surface area contributed by atoms with Crippen molar-refractivity contribution in [1.82, 2.24) is 5.32 Å². The molecule has 0 spiro atoms. The fraction of sp³-hybridized carbons (Fsp3) is 0.588. The molecule has 1 atom stereocenters. The number of nitrogens with one attached hydrogen (secondary N) is 1. The number of rotatable bonds is 2. The quantitative estimate of drug-likeness (QED) is 0.897. The van der Waals surface area contributed by atoms with Crippen LogP contribution in [-0.4, -0.2) is 25.5 Å². The molecule has 1 N–H and O–H groups in total. The van der Waals surface area contributed by atoms with Gasteiger partial charge in [-0.2, -0.15) is 0 Å². The largest absolute Gasteiger partial charge is 0.316 e. The van der Waals surface area contributed by atoms with E-state index in [4.69, 9.17) is 0 Å². The van der Waals surface area contributed by atoms with E-state index in [1.54, 1.807) is 0 Å². The number of aryl methyl sites for hydroxylation is 2. The van der Waals surface area contributed by atoms with Gasteiger partial charge in [-0.05, 0) is 50.8 Å². The first-order valence-electron chi connectivity index (χ1n) is 7.78. The summed E-state index contributed by atoms with van der Waals surface area (Å²) in [4.78, 5) is 15.1. The molecule has 0 saturated carbocycles. The number of anilines is 1. The smallest absolute Gasteiger partial charge is 0.234 e. The van der Waals surface area contributed by atoms with E-state index in [0.29, 0.717) is 5.91 Å². The first kappa shape index (κ1) is 13.6. The monoisotopic (exact) mass is 272 g/mol. The van der Waals surface area contributed by atoms with Crippen molar-refractivity contribution >= 4 is 11.6 Å². The topological polar surface area (TPSA) is 32.3 Å². The molecule has 0 aromatic heterocycles. The van der Waals surface area contributed by atoms with Gasteiger partial charge in [0, 0.05) is 18.8 Å². The van der Waals surface area contributed by atoms with Crippen molar-refractivity contribution in [2.75, 3.05) is 24.5 Å². The third kappa shape index (κ3) is 2.14. The molecule has 1 unspecified atom stereocenters. The zero-order valence-electron chi connectivity index (χ0n) is 12.5. The van der Waals surface area contributed by atoms with Gasteiger partial charge in [-0.3, -0.25) is 4.79 Å². The molecular formula is C17H24N2O. The average molecular weight is 272 g/mol. The Hall–Kier alpha value is -1.35. The molecule has 1 aromatic carbocycles. The normalized spacial score (nSPS) is 25.6. The lowest BCUT2D eigenvalue weighted by Gasteiger charge is -2.36. The van der Waals surface area contributed by atoms with Gasteiger partial charge in [-0.15, -0.1) is 0 Å². The summed E-state index contributed by atoms with van der Waals surface area (Å²) in [5, 5.41) is 3.37. The van der Waals surface area contributed by atoms with Crippen molar-refractivity contribution in [2.45, 2.75) is 39.5 Å². The van der Waals surface area contributed by atoms with Crippen LogP contribution in [0.2, 0.25) is 0 Å². The molecule has 3 nitrogen and oxygen atoms in total. The van der Waals surface area contributed by atoms with Crippen molar-refractivity contribution in [3.05, 3.63) is 29.3 Å². The molecule has 0 aliphatic carbocycles. The standard InChI is InChI=1S/C17H24N2O/c1-3-17(8-9-18-12-17)16(20)19-10-4-5-14-11-13(2)6-7-15(14)19/h6-7,11,18H,3-5,8-10,12H2,1-2H3. The van der Waals surface area contributed by atoms with Crippen LogP contribution < -0.4 is 10.2 Å². The Bertz CT molecular complexity index is 518. The van der Waals surface area contributed by atoms with Crippen molar-refractivity contribution < 1.29 is 4.79 Å². The minimum absolute atomic E-state index is 0.181. The fourth-order valence-corrected chi connectivity index (χ4v) is 3.60. The molecule has 20 heavy (non-hydrogen) atoms. The fourth-order valence-electron chi connectivity index (χ4n) is 3.60. The number of carbonyl (C=O) groups is 1. The maximum Gasteiger partial charge on any atom is 0.234 e. The third-order valence-electron chi connectivity index (χ3n) is 4.97. The second kappa shape index (κ2) is 5.21. The predicted molar refractivity (Wildman–Crippen MR) is 82.1 cm³/mol. The molecule has 3 heteroatoms. The number of benzene rings is 1. The number of hydrogen-bond acceptors (Lipinski definition) is 2. The molecule has 0 radical (unpaired) electrons. The van der Waals surface area contributed by atoms with Crippen molar-refractivity contribution in [3.63, 3.8) is 0 Å². The van der Waals surface area contributed by atoms with Crippen LogP contribution in [0.15, 0.2) is 18.2 Å². The maximum absolute atomic E-state index is 13.1. The summed E-state index contributed by atoms with van der Waals surface area (Å²) in [5.74, 6) is 0.329.